The fourth-order valence-corrected chi connectivity index (χ4v) is 8.53. The van der Waals surface area contributed by atoms with Crippen LogP contribution in [0.3, 0.4) is 0 Å². The first-order valence-corrected chi connectivity index (χ1v) is 16.0. The highest BCUT2D eigenvalue weighted by molar-refractivity contribution is 8.00. The predicted molar refractivity (Wildman–Crippen MR) is 172 cm³/mol. The van der Waals surface area contributed by atoms with Gasteiger partial charge >= 0.3 is 4.87 Å². The molecule has 1 saturated heterocycles. The standard InChI is InChI=1S/C33H30ClN3O4S2/c1-18-5-15-23(16-6-18)37-29(39)26-25(19-7-9-20(10-8-19)33(2,3)4)28-31(42-27(26)30(37)40)36(32(41)43-28)17-24(38)35-22-13-11-21(34)12-14-22/h5-16,25-27H,17H2,1-4H3,(H,35,38)/t25-,26?,27?/m1/s1. The lowest BCUT2D eigenvalue weighted by Gasteiger charge is -2.31. The van der Waals surface area contributed by atoms with Gasteiger partial charge in [0.25, 0.3) is 0 Å². The zero-order valence-corrected chi connectivity index (χ0v) is 26.5. The molecule has 2 aliphatic heterocycles. The first-order chi connectivity index (χ1) is 20.4. The average Bonchev–Trinajstić information content (AvgIpc) is 3.40. The Morgan fingerprint density at radius 2 is 1.56 bits per heavy atom. The Labute approximate surface area is 262 Å². The van der Waals surface area contributed by atoms with Gasteiger partial charge in [-0.05, 0) is 59.9 Å². The SMILES string of the molecule is Cc1ccc(N2C(=O)C3Sc4c(sc(=O)n4CC(=O)Nc4ccc(Cl)cc4)[C@H](c4ccc(C(C)(C)C)cc4)C3C2=O)cc1. The molecule has 3 heterocycles. The summed E-state index contributed by atoms with van der Waals surface area (Å²) < 4.78 is 1.43. The molecular formula is C33H30ClN3O4S2. The van der Waals surface area contributed by atoms with Crippen molar-refractivity contribution in [2.75, 3.05) is 10.2 Å². The number of aromatic nitrogens is 1. The van der Waals surface area contributed by atoms with Crippen molar-refractivity contribution in [2.24, 2.45) is 5.92 Å². The summed E-state index contributed by atoms with van der Waals surface area (Å²) >= 11 is 8.21. The molecule has 7 nitrogen and oxygen atoms in total. The van der Waals surface area contributed by atoms with Crippen LogP contribution < -0.4 is 15.1 Å². The van der Waals surface area contributed by atoms with E-state index in [4.69, 9.17) is 11.6 Å². The van der Waals surface area contributed by atoms with E-state index in [0.29, 0.717) is 26.3 Å². The van der Waals surface area contributed by atoms with Gasteiger partial charge in [-0.2, -0.15) is 0 Å². The number of carbonyl (C=O) groups excluding carboxylic acids is 3. The molecule has 3 amide bonds. The molecule has 1 aromatic heterocycles. The van der Waals surface area contributed by atoms with Crippen LogP contribution in [0.15, 0.2) is 82.6 Å². The Hall–Kier alpha value is -3.66. The van der Waals surface area contributed by atoms with Crippen molar-refractivity contribution in [3.63, 3.8) is 0 Å². The number of thiazole rings is 1. The quantitative estimate of drug-likeness (QED) is 0.251. The average molecular weight is 632 g/mol. The maximum Gasteiger partial charge on any atom is 0.308 e. The summed E-state index contributed by atoms with van der Waals surface area (Å²) in [6.07, 6.45) is 0. The third-order valence-electron chi connectivity index (χ3n) is 7.91. The summed E-state index contributed by atoms with van der Waals surface area (Å²) in [6, 6.07) is 22.1. The van der Waals surface area contributed by atoms with Crippen molar-refractivity contribution in [2.45, 2.75) is 55.8 Å². The van der Waals surface area contributed by atoms with Crippen LogP contribution in [0.5, 0.6) is 0 Å². The Balaban J connectivity index is 1.41. The van der Waals surface area contributed by atoms with Crippen LogP contribution in [0.25, 0.3) is 0 Å². The summed E-state index contributed by atoms with van der Waals surface area (Å²) in [7, 11) is 0. The minimum atomic E-state index is -0.742. The van der Waals surface area contributed by atoms with Crippen LogP contribution in [0.2, 0.25) is 5.02 Å². The number of halogens is 1. The maximum atomic E-state index is 14.1. The molecular weight excluding hydrogens is 602 g/mol. The molecule has 0 saturated carbocycles. The van der Waals surface area contributed by atoms with Crippen LogP contribution in [0, 0.1) is 12.8 Å². The number of anilines is 2. The second-order valence-electron chi connectivity index (χ2n) is 11.9. The molecule has 0 bridgehead atoms. The third-order valence-corrected chi connectivity index (χ3v) is 10.8. The molecule has 0 aliphatic carbocycles. The molecule has 220 valence electrons. The lowest BCUT2D eigenvalue weighted by molar-refractivity contribution is -0.122. The van der Waals surface area contributed by atoms with Crippen LogP contribution in [-0.4, -0.2) is 27.5 Å². The molecule has 2 unspecified atom stereocenters. The van der Waals surface area contributed by atoms with Gasteiger partial charge in [0.2, 0.25) is 17.7 Å². The van der Waals surface area contributed by atoms with Crippen molar-refractivity contribution in [1.29, 1.82) is 0 Å². The molecule has 2 aliphatic rings. The second-order valence-corrected chi connectivity index (χ2v) is 14.5. The minimum absolute atomic E-state index is 0.0678. The van der Waals surface area contributed by atoms with E-state index in [2.05, 4.69) is 26.1 Å². The van der Waals surface area contributed by atoms with Gasteiger partial charge in [0.15, 0.2) is 0 Å². The number of carbonyl (C=O) groups is 3. The summed E-state index contributed by atoms with van der Waals surface area (Å²) in [6.45, 7) is 8.12. The summed E-state index contributed by atoms with van der Waals surface area (Å²) in [5.41, 5.74) is 4.03. The zero-order chi connectivity index (χ0) is 30.6. The van der Waals surface area contributed by atoms with Crippen LogP contribution >= 0.6 is 34.7 Å². The van der Waals surface area contributed by atoms with Gasteiger partial charge in [-0.15, -0.1) is 0 Å². The summed E-state index contributed by atoms with van der Waals surface area (Å²) in [5.74, 6) is -2.19. The predicted octanol–water partition coefficient (Wildman–Crippen LogP) is 6.60. The molecule has 1 fully saturated rings. The fourth-order valence-electron chi connectivity index (χ4n) is 5.63. The number of aryl methyl sites for hydroxylation is 1. The van der Waals surface area contributed by atoms with E-state index < -0.39 is 17.1 Å². The molecule has 10 heteroatoms. The monoisotopic (exact) mass is 631 g/mol. The van der Waals surface area contributed by atoms with Gasteiger partial charge in [-0.1, -0.05) is 97.4 Å². The lowest BCUT2D eigenvalue weighted by atomic mass is 9.81. The Kier molecular flexibility index (Phi) is 7.61. The summed E-state index contributed by atoms with van der Waals surface area (Å²) in [5, 5.41) is 3.17. The van der Waals surface area contributed by atoms with E-state index in [-0.39, 0.29) is 34.6 Å². The summed E-state index contributed by atoms with van der Waals surface area (Å²) in [4.78, 5) is 56.1. The maximum absolute atomic E-state index is 14.1. The second kappa shape index (κ2) is 11.1. The Morgan fingerprint density at radius 3 is 2.19 bits per heavy atom. The number of fused-ring (bicyclic) bond motifs is 2. The topological polar surface area (TPSA) is 88.5 Å². The highest BCUT2D eigenvalue weighted by Gasteiger charge is 2.56. The van der Waals surface area contributed by atoms with Crippen molar-refractivity contribution < 1.29 is 14.4 Å². The smallest absolute Gasteiger partial charge is 0.308 e. The first kappa shape index (κ1) is 29.4. The number of amides is 3. The van der Waals surface area contributed by atoms with E-state index in [9.17, 15) is 19.2 Å². The number of thioether (sulfide) groups is 1. The normalized spacial score (nSPS) is 19.7. The van der Waals surface area contributed by atoms with Crippen LogP contribution in [0.4, 0.5) is 11.4 Å². The zero-order valence-electron chi connectivity index (χ0n) is 24.1. The highest BCUT2D eigenvalue weighted by Crippen LogP contribution is 2.54. The molecule has 43 heavy (non-hydrogen) atoms. The number of hydrogen-bond acceptors (Lipinski definition) is 6. The van der Waals surface area contributed by atoms with E-state index in [1.54, 1.807) is 36.4 Å². The van der Waals surface area contributed by atoms with Gasteiger partial charge in [-0.3, -0.25) is 23.7 Å². The van der Waals surface area contributed by atoms with Gasteiger partial charge in [0.05, 0.1) is 16.6 Å². The highest BCUT2D eigenvalue weighted by atomic mass is 35.5. The van der Waals surface area contributed by atoms with Gasteiger partial charge in [-0.25, -0.2) is 4.90 Å². The number of imide groups is 1. The molecule has 0 spiro atoms. The Bertz CT molecular complexity index is 1790. The van der Waals surface area contributed by atoms with E-state index >= 15 is 0 Å². The van der Waals surface area contributed by atoms with Gasteiger partial charge in [0.1, 0.15) is 11.8 Å². The molecule has 0 radical (unpaired) electrons. The number of hydrogen-bond donors (Lipinski definition) is 1. The van der Waals surface area contributed by atoms with Gasteiger partial charge in [0, 0.05) is 21.5 Å². The molecule has 4 aromatic rings. The number of benzene rings is 3. The van der Waals surface area contributed by atoms with E-state index in [0.717, 1.165) is 28.0 Å². The Morgan fingerprint density at radius 1 is 0.907 bits per heavy atom. The number of rotatable bonds is 5. The molecule has 6 rings (SSSR count). The van der Waals surface area contributed by atoms with Crippen molar-refractivity contribution in [1.82, 2.24) is 4.57 Å². The lowest BCUT2D eigenvalue weighted by Crippen LogP contribution is -2.33. The van der Waals surface area contributed by atoms with Crippen LogP contribution in [-0.2, 0) is 26.3 Å². The van der Waals surface area contributed by atoms with Crippen molar-refractivity contribution in [3.8, 4) is 0 Å². The third kappa shape index (κ3) is 5.46. The van der Waals surface area contributed by atoms with E-state index in [1.807, 2.05) is 43.3 Å². The van der Waals surface area contributed by atoms with E-state index in [1.165, 1.54) is 21.2 Å². The fraction of sp³-hybridized carbons (Fsp3) is 0.273. The minimum Gasteiger partial charge on any atom is -0.325 e. The first-order valence-electron chi connectivity index (χ1n) is 13.9. The molecule has 3 aromatic carbocycles. The number of nitrogens with zero attached hydrogens (tertiary/aromatic N) is 2. The van der Waals surface area contributed by atoms with Gasteiger partial charge < -0.3 is 5.32 Å². The number of nitrogens with one attached hydrogen (secondary N) is 1. The molecule has 3 atom stereocenters. The van der Waals surface area contributed by atoms with Crippen molar-refractivity contribution >= 4 is 63.8 Å². The van der Waals surface area contributed by atoms with Crippen LogP contribution in [0.1, 0.15) is 48.3 Å². The molecule has 1 N–H and O–H groups in total. The largest absolute Gasteiger partial charge is 0.325 e. The van der Waals surface area contributed by atoms with Crippen molar-refractivity contribution in [3.05, 3.63) is 109 Å².